The third kappa shape index (κ3) is 5.25. The molecule has 1 heterocycles. The highest BCUT2D eigenvalue weighted by Crippen LogP contribution is 2.35. The summed E-state index contributed by atoms with van der Waals surface area (Å²) in [6.07, 6.45) is 0. The van der Waals surface area contributed by atoms with E-state index in [9.17, 15) is 0 Å². The maximum absolute atomic E-state index is 5.01. The standard InChI is InChI=1S/C31H39N3/c1-22(33(9)28-20-13-11-16-24(28)30(3,4)5)26-18-15-19-27(32-26)23(2)34(10)29-21-14-12-17-25(29)31(6,7)8/h11-21H,9-10H2,1-8H3. The number of hydrogen-bond donors (Lipinski definition) is 0. The molecule has 3 rings (SSSR count). The number of nitrogens with zero attached hydrogens (tertiary/aromatic N) is 3. The van der Waals surface area contributed by atoms with Crippen molar-refractivity contribution in [3.05, 3.63) is 101 Å². The van der Waals surface area contributed by atoms with Crippen molar-refractivity contribution < 1.29 is 9.15 Å². The van der Waals surface area contributed by atoms with Gasteiger partial charge in [-0.3, -0.25) is 14.1 Å². The maximum Gasteiger partial charge on any atom is 0.135 e. The summed E-state index contributed by atoms with van der Waals surface area (Å²) < 4.78 is 4.00. The molecule has 0 amide bonds. The molecular weight excluding hydrogens is 414 g/mol. The second kappa shape index (κ2) is 9.50. The molecule has 0 atom stereocenters. The molecule has 0 aliphatic heterocycles. The highest BCUT2D eigenvalue weighted by atomic mass is 15.1. The van der Waals surface area contributed by atoms with Crippen LogP contribution in [0, 0.1) is 12.1 Å². The average molecular weight is 454 g/mol. The molecule has 0 fully saturated rings. The summed E-state index contributed by atoms with van der Waals surface area (Å²) in [6.45, 7) is 26.3. The first-order chi connectivity index (χ1) is 15.8. The molecule has 2 aromatic carbocycles. The number of aromatic nitrogens is 1. The SMILES string of the molecule is C=[N+](c1ccccc1C(C)(C)C)[C-](C)c1cccc([C-](C)[N+](=C)c2ccccc2C(C)(C)C)n1. The summed E-state index contributed by atoms with van der Waals surface area (Å²) >= 11 is 0. The molecule has 3 aromatic rings. The maximum atomic E-state index is 5.01. The normalized spacial score (nSPS) is 11.8. The highest BCUT2D eigenvalue weighted by molar-refractivity contribution is 5.49. The lowest BCUT2D eigenvalue weighted by atomic mass is 9.85. The van der Waals surface area contributed by atoms with E-state index in [2.05, 4.69) is 123 Å². The summed E-state index contributed by atoms with van der Waals surface area (Å²) in [6, 6.07) is 25.0. The van der Waals surface area contributed by atoms with Crippen molar-refractivity contribution in [3.8, 4) is 0 Å². The Morgan fingerprint density at radius 3 is 1.29 bits per heavy atom. The quantitative estimate of drug-likeness (QED) is 0.214. The van der Waals surface area contributed by atoms with Crippen molar-refractivity contribution >= 4 is 24.8 Å². The lowest BCUT2D eigenvalue weighted by Crippen LogP contribution is -2.20. The minimum Gasteiger partial charge on any atom is -0.290 e. The van der Waals surface area contributed by atoms with Crippen molar-refractivity contribution in [3.63, 3.8) is 0 Å². The van der Waals surface area contributed by atoms with Crippen LogP contribution < -0.4 is 0 Å². The van der Waals surface area contributed by atoms with Crippen LogP contribution in [0.2, 0.25) is 0 Å². The summed E-state index contributed by atoms with van der Waals surface area (Å²) in [5.41, 5.74) is 6.53. The van der Waals surface area contributed by atoms with E-state index in [4.69, 9.17) is 4.98 Å². The molecule has 0 aliphatic carbocycles. The minimum atomic E-state index is 0.0152. The van der Waals surface area contributed by atoms with Crippen LogP contribution in [0.4, 0.5) is 11.4 Å². The second-order valence-corrected chi connectivity index (χ2v) is 11.0. The average Bonchev–Trinajstić information content (AvgIpc) is 2.81. The van der Waals surface area contributed by atoms with Crippen LogP contribution in [0.15, 0.2) is 66.7 Å². The Kier molecular flexibility index (Phi) is 7.07. The minimum absolute atomic E-state index is 0.0152. The molecule has 0 radical (unpaired) electrons. The molecule has 0 bridgehead atoms. The molecular formula is C31H39N3. The van der Waals surface area contributed by atoms with Crippen molar-refractivity contribution in [2.75, 3.05) is 0 Å². The van der Waals surface area contributed by atoms with Crippen molar-refractivity contribution in [1.29, 1.82) is 0 Å². The fraction of sp³-hybridized carbons (Fsp3) is 0.323. The van der Waals surface area contributed by atoms with Crippen molar-refractivity contribution in [1.82, 2.24) is 4.98 Å². The fourth-order valence-electron chi connectivity index (χ4n) is 4.16. The van der Waals surface area contributed by atoms with Crippen LogP contribution in [-0.2, 0) is 10.8 Å². The number of para-hydroxylation sites is 2. The third-order valence-corrected chi connectivity index (χ3v) is 6.31. The Bertz CT molecular complexity index is 1100. The zero-order valence-corrected chi connectivity index (χ0v) is 22.1. The zero-order chi connectivity index (χ0) is 25.3. The van der Waals surface area contributed by atoms with Crippen LogP contribution in [0.25, 0.3) is 0 Å². The zero-order valence-electron chi connectivity index (χ0n) is 22.1. The summed E-state index contributed by atoms with van der Waals surface area (Å²) in [4.78, 5) is 5.01. The van der Waals surface area contributed by atoms with Crippen LogP contribution >= 0.6 is 0 Å². The molecule has 3 heteroatoms. The highest BCUT2D eigenvalue weighted by Gasteiger charge is 2.25. The number of hydrogen-bond acceptors (Lipinski definition) is 1. The van der Waals surface area contributed by atoms with E-state index in [1.807, 2.05) is 21.3 Å². The molecule has 178 valence electrons. The predicted octanol–water partition coefficient (Wildman–Crippen LogP) is 7.57. The lowest BCUT2D eigenvalue weighted by Gasteiger charge is -2.27. The van der Waals surface area contributed by atoms with Gasteiger partial charge in [0.15, 0.2) is 0 Å². The van der Waals surface area contributed by atoms with Gasteiger partial charge in [0.1, 0.15) is 23.5 Å². The number of benzene rings is 2. The molecule has 0 unspecified atom stereocenters. The Hall–Kier alpha value is -3.33. The van der Waals surface area contributed by atoms with Gasteiger partial charge in [-0.25, -0.2) is 0 Å². The molecule has 3 nitrogen and oxygen atoms in total. The van der Waals surface area contributed by atoms with Gasteiger partial charge in [-0.2, -0.15) is 0 Å². The molecule has 0 saturated carbocycles. The van der Waals surface area contributed by atoms with E-state index in [0.29, 0.717) is 0 Å². The Balaban J connectivity index is 1.93. The first-order valence-corrected chi connectivity index (χ1v) is 11.9. The predicted molar refractivity (Wildman–Crippen MR) is 145 cm³/mol. The molecule has 0 N–H and O–H groups in total. The third-order valence-electron chi connectivity index (χ3n) is 6.31. The molecule has 0 aliphatic rings. The molecule has 1 aromatic heterocycles. The topological polar surface area (TPSA) is 18.9 Å². The molecule has 0 saturated heterocycles. The fourth-order valence-corrected chi connectivity index (χ4v) is 4.16. The molecule has 0 spiro atoms. The van der Waals surface area contributed by atoms with Gasteiger partial charge in [0.2, 0.25) is 0 Å². The Morgan fingerprint density at radius 2 is 0.941 bits per heavy atom. The van der Waals surface area contributed by atoms with Gasteiger partial charge in [0.05, 0.1) is 13.4 Å². The van der Waals surface area contributed by atoms with Crippen LogP contribution in [0.3, 0.4) is 0 Å². The van der Waals surface area contributed by atoms with Crippen LogP contribution in [-0.4, -0.2) is 27.6 Å². The summed E-state index contributed by atoms with van der Waals surface area (Å²) in [7, 11) is 0. The first-order valence-electron chi connectivity index (χ1n) is 11.9. The van der Waals surface area contributed by atoms with E-state index in [0.717, 1.165) is 34.8 Å². The molecule has 34 heavy (non-hydrogen) atoms. The van der Waals surface area contributed by atoms with Crippen LogP contribution in [0.1, 0.15) is 77.9 Å². The van der Waals surface area contributed by atoms with E-state index in [1.54, 1.807) is 0 Å². The number of rotatable bonds is 6. The monoisotopic (exact) mass is 453 g/mol. The van der Waals surface area contributed by atoms with Gasteiger partial charge in [0.25, 0.3) is 0 Å². The Labute approximate surface area is 206 Å². The largest absolute Gasteiger partial charge is 0.290 e. The van der Waals surface area contributed by atoms with E-state index in [1.165, 1.54) is 11.1 Å². The number of pyridine rings is 1. The lowest BCUT2D eigenvalue weighted by molar-refractivity contribution is -0.409. The first kappa shape index (κ1) is 25.3. The van der Waals surface area contributed by atoms with Gasteiger partial charge in [-0.1, -0.05) is 77.9 Å². The smallest absolute Gasteiger partial charge is 0.135 e. The van der Waals surface area contributed by atoms with E-state index in [-0.39, 0.29) is 10.8 Å². The van der Waals surface area contributed by atoms with Crippen molar-refractivity contribution in [2.24, 2.45) is 0 Å². The van der Waals surface area contributed by atoms with Crippen molar-refractivity contribution in [2.45, 2.75) is 66.2 Å². The van der Waals surface area contributed by atoms with Gasteiger partial charge in [-0.05, 0) is 47.9 Å². The van der Waals surface area contributed by atoms with Crippen LogP contribution in [0.5, 0.6) is 0 Å². The van der Waals surface area contributed by atoms with Gasteiger partial charge < -0.3 is 0 Å². The summed E-state index contributed by atoms with van der Waals surface area (Å²) in [5, 5.41) is 0. The summed E-state index contributed by atoms with van der Waals surface area (Å²) in [5.74, 6) is 0. The van der Waals surface area contributed by atoms with E-state index >= 15 is 0 Å². The van der Waals surface area contributed by atoms with Gasteiger partial charge >= 0.3 is 0 Å². The van der Waals surface area contributed by atoms with Gasteiger partial charge in [0, 0.05) is 11.4 Å². The van der Waals surface area contributed by atoms with Gasteiger partial charge in [-0.15, -0.1) is 18.2 Å². The second-order valence-electron chi connectivity index (χ2n) is 11.0. The van der Waals surface area contributed by atoms with E-state index < -0.39 is 0 Å². The Morgan fingerprint density at radius 1 is 0.588 bits per heavy atom.